The lowest BCUT2D eigenvalue weighted by Gasteiger charge is -2.55. The first-order valence-corrected chi connectivity index (χ1v) is 12.4. The number of aliphatic hydroxyl groups excluding tert-OH is 1. The van der Waals surface area contributed by atoms with E-state index in [9.17, 15) is 10.2 Å². The molecule has 3 saturated carbocycles. The second-order valence-corrected chi connectivity index (χ2v) is 12.2. The second kappa shape index (κ2) is 7.52. The summed E-state index contributed by atoms with van der Waals surface area (Å²) in [6, 6.07) is 0. The smallest absolute Gasteiger partial charge is 0.0591 e. The van der Waals surface area contributed by atoms with Gasteiger partial charge in [-0.25, -0.2) is 0 Å². The van der Waals surface area contributed by atoms with Gasteiger partial charge in [0.25, 0.3) is 0 Å². The fourth-order valence-corrected chi connectivity index (χ4v) is 8.02. The second-order valence-electron chi connectivity index (χ2n) is 12.2. The van der Waals surface area contributed by atoms with Crippen LogP contribution in [0.1, 0.15) is 98.8 Å². The van der Waals surface area contributed by atoms with Crippen LogP contribution in [0.3, 0.4) is 0 Å². The lowest BCUT2D eigenvalue weighted by molar-refractivity contribution is 0.0298. The molecular weight excluding hydrogens is 356 g/mol. The average molecular weight is 401 g/mol. The van der Waals surface area contributed by atoms with E-state index in [4.69, 9.17) is 0 Å². The fraction of sp³-hybridized carbons (Fsp3) is 0.852. The zero-order valence-electron chi connectivity index (χ0n) is 19.5. The quantitative estimate of drug-likeness (QED) is 0.559. The first-order valence-electron chi connectivity index (χ1n) is 12.4. The minimum absolute atomic E-state index is 0.126. The third kappa shape index (κ3) is 3.78. The maximum atomic E-state index is 10.2. The van der Waals surface area contributed by atoms with Crippen molar-refractivity contribution in [1.29, 1.82) is 0 Å². The average Bonchev–Trinajstić information content (AvgIpc) is 2.98. The van der Waals surface area contributed by atoms with Crippen LogP contribution in [0.4, 0.5) is 0 Å². The normalized spacial score (nSPS) is 43.0. The first-order chi connectivity index (χ1) is 13.5. The summed E-state index contributed by atoms with van der Waals surface area (Å²) in [4.78, 5) is 0. The number of rotatable bonds is 5. The summed E-state index contributed by atoms with van der Waals surface area (Å²) >= 11 is 0. The minimum Gasteiger partial charge on any atom is -0.393 e. The van der Waals surface area contributed by atoms with Gasteiger partial charge in [-0.2, -0.15) is 0 Å². The Kier molecular flexibility index (Phi) is 5.61. The molecule has 0 heterocycles. The Balaban J connectivity index is 1.51. The Morgan fingerprint density at radius 1 is 1.07 bits per heavy atom. The van der Waals surface area contributed by atoms with Crippen LogP contribution < -0.4 is 0 Å². The molecule has 0 spiro atoms. The van der Waals surface area contributed by atoms with Gasteiger partial charge in [-0.1, -0.05) is 56.9 Å². The number of fused-ring (bicyclic) bond motifs is 5. The SMILES string of the molecule is C[C@H](CCCC(C)(C)O)[C@H]1CCC2C3=CC=C4C[C@@H](O)CC[C@]4(C)C3CC[C@@]21C. The highest BCUT2D eigenvalue weighted by molar-refractivity contribution is 5.38. The Bertz CT molecular complexity index is 683. The van der Waals surface area contributed by atoms with Gasteiger partial charge in [0, 0.05) is 0 Å². The van der Waals surface area contributed by atoms with Gasteiger partial charge in [0.2, 0.25) is 0 Å². The highest BCUT2D eigenvalue weighted by Crippen LogP contribution is 2.66. The molecule has 0 aliphatic heterocycles. The van der Waals surface area contributed by atoms with Crippen molar-refractivity contribution in [3.05, 3.63) is 23.3 Å². The van der Waals surface area contributed by atoms with Crippen LogP contribution in [-0.4, -0.2) is 21.9 Å². The van der Waals surface area contributed by atoms with Crippen molar-refractivity contribution in [2.24, 2.45) is 34.5 Å². The van der Waals surface area contributed by atoms with Crippen molar-refractivity contribution in [2.75, 3.05) is 0 Å². The predicted octanol–water partition coefficient (Wildman–Crippen LogP) is 6.42. The molecule has 0 aromatic carbocycles. The minimum atomic E-state index is -0.528. The molecule has 4 aliphatic carbocycles. The summed E-state index contributed by atoms with van der Waals surface area (Å²) < 4.78 is 0. The van der Waals surface area contributed by atoms with Crippen molar-refractivity contribution in [3.63, 3.8) is 0 Å². The van der Waals surface area contributed by atoms with Crippen molar-refractivity contribution in [3.8, 4) is 0 Å². The first kappa shape index (κ1) is 21.6. The molecule has 2 unspecified atom stereocenters. The Hall–Kier alpha value is -0.600. The maximum Gasteiger partial charge on any atom is 0.0591 e. The van der Waals surface area contributed by atoms with E-state index in [2.05, 4.69) is 32.9 Å². The van der Waals surface area contributed by atoms with Crippen molar-refractivity contribution >= 4 is 0 Å². The standard InChI is InChI=1S/C27H44O2/c1-18(7-6-14-25(2,3)29)22-10-11-23-21-9-8-19-17-20(28)12-15-26(19,4)24(21)13-16-27(22,23)5/h8-9,18,20,22-24,28-29H,6-7,10-17H2,1-5H3/t18-,20+,22-,23?,24?,26+,27-/m1/s1. The van der Waals surface area contributed by atoms with Crippen LogP contribution in [0.2, 0.25) is 0 Å². The van der Waals surface area contributed by atoms with E-state index in [1.54, 1.807) is 5.57 Å². The van der Waals surface area contributed by atoms with Gasteiger partial charge in [-0.3, -0.25) is 0 Å². The van der Waals surface area contributed by atoms with Gasteiger partial charge in [-0.05, 0) is 99.7 Å². The zero-order chi connectivity index (χ0) is 21.0. The summed E-state index contributed by atoms with van der Waals surface area (Å²) in [7, 11) is 0. The van der Waals surface area contributed by atoms with Crippen LogP contribution in [0.5, 0.6) is 0 Å². The molecule has 0 bridgehead atoms. The highest BCUT2D eigenvalue weighted by atomic mass is 16.3. The van der Waals surface area contributed by atoms with Gasteiger partial charge in [0.05, 0.1) is 11.7 Å². The zero-order valence-corrected chi connectivity index (χ0v) is 19.5. The van der Waals surface area contributed by atoms with E-state index < -0.39 is 5.60 Å². The largest absolute Gasteiger partial charge is 0.393 e. The fourth-order valence-electron chi connectivity index (χ4n) is 8.02. The van der Waals surface area contributed by atoms with Crippen molar-refractivity contribution < 1.29 is 10.2 Å². The Labute approximate surface area is 178 Å². The molecule has 0 aromatic rings. The summed E-state index contributed by atoms with van der Waals surface area (Å²) in [5.41, 5.74) is 3.49. The molecular formula is C27H44O2. The Morgan fingerprint density at radius 3 is 2.55 bits per heavy atom. The van der Waals surface area contributed by atoms with Crippen molar-refractivity contribution in [1.82, 2.24) is 0 Å². The van der Waals surface area contributed by atoms with Crippen LogP contribution in [-0.2, 0) is 0 Å². The monoisotopic (exact) mass is 400 g/mol. The van der Waals surface area contributed by atoms with Gasteiger partial charge < -0.3 is 10.2 Å². The predicted molar refractivity (Wildman–Crippen MR) is 120 cm³/mol. The molecule has 4 aliphatic rings. The molecule has 0 amide bonds. The summed E-state index contributed by atoms with van der Waals surface area (Å²) in [5, 5.41) is 20.3. The molecule has 0 radical (unpaired) electrons. The van der Waals surface area contributed by atoms with Gasteiger partial charge in [0.1, 0.15) is 0 Å². The lowest BCUT2D eigenvalue weighted by atomic mass is 9.50. The molecule has 0 aromatic heterocycles. The van der Waals surface area contributed by atoms with Crippen LogP contribution >= 0.6 is 0 Å². The van der Waals surface area contributed by atoms with E-state index in [-0.39, 0.29) is 6.10 Å². The van der Waals surface area contributed by atoms with Crippen LogP contribution in [0.25, 0.3) is 0 Å². The Morgan fingerprint density at radius 2 is 1.83 bits per heavy atom. The molecule has 2 nitrogen and oxygen atoms in total. The van der Waals surface area contributed by atoms with E-state index in [0.717, 1.165) is 49.9 Å². The van der Waals surface area contributed by atoms with Gasteiger partial charge in [0.15, 0.2) is 0 Å². The molecule has 7 atom stereocenters. The highest BCUT2D eigenvalue weighted by Gasteiger charge is 2.56. The maximum absolute atomic E-state index is 10.2. The summed E-state index contributed by atoms with van der Waals surface area (Å²) in [6.45, 7) is 11.5. The van der Waals surface area contributed by atoms with Crippen molar-refractivity contribution in [2.45, 2.75) is 111 Å². The molecule has 2 heteroatoms. The third-order valence-corrected chi connectivity index (χ3v) is 9.75. The van der Waals surface area contributed by atoms with E-state index in [1.807, 2.05) is 13.8 Å². The van der Waals surface area contributed by atoms with E-state index in [0.29, 0.717) is 16.7 Å². The molecule has 3 fully saturated rings. The molecule has 2 N–H and O–H groups in total. The molecule has 29 heavy (non-hydrogen) atoms. The van der Waals surface area contributed by atoms with E-state index >= 15 is 0 Å². The lowest BCUT2D eigenvalue weighted by Crippen LogP contribution is -2.46. The molecule has 4 rings (SSSR count). The number of aliphatic hydroxyl groups is 2. The molecule has 0 saturated heterocycles. The van der Waals surface area contributed by atoms with Gasteiger partial charge >= 0.3 is 0 Å². The van der Waals surface area contributed by atoms with Gasteiger partial charge in [-0.15, -0.1) is 0 Å². The molecule has 164 valence electrons. The van der Waals surface area contributed by atoms with Crippen LogP contribution in [0.15, 0.2) is 23.3 Å². The number of allylic oxidation sites excluding steroid dienone is 3. The topological polar surface area (TPSA) is 40.5 Å². The number of hydrogen-bond donors (Lipinski definition) is 2. The number of hydrogen-bond acceptors (Lipinski definition) is 2. The summed E-state index contributed by atoms with van der Waals surface area (Å²) in [6.07, 6.45) is 16.5. The third-order valence-electron chi connectivity index (χ3n) is 9.75. The summed E-state index contributed by atoms with van der Waals surface area (Å²) in [5.74, 6) is 3.03. The van der Waals surface area contributed by atoms with Crippen LogP contribution in [0, 0.1) is 34.5 Å². The van der Waals surface area contributed by atoms with E-state index in [1.165, 1.54) is 37.7 Å².